The largest absolute Gasteiger partial charge is 0.504 e. The molecule has 1 rings (SSSR count). The van der Waals surface area contributed by atoms with Crippen LogP contribution < -0.4 is 0 Å². The Morgan fingerprint density at radius 2 is 1.93 bits per heavy atom. The molecule has 2 N–H and O–H groups in total. The highest BCUT2D eigenvalue weighted by atomic mass is 16.3. The SMILES string of the molecule is CCCCCC(=O)c1ccc(O)c(O)c1. The van der Waals surface area contributed by atoms with Gasteiger partial charge in [0.25, 0.3) is 0 Å². The van der Waals surface area contributed by atoms with Crippen LogP contribution in [0.5, 0.6) is 11.5 Å². The number of unbranched alkanes of at least 4 members (excludes halogenated alkanes) is 2. The number of ketones is 1. The Morgan fingerprint density at radius 3 is 2.53 bits per heavy atom. The number of phenols is 2. The van der Waals surface area contributed by atoms with Gasteiger partial charge in [-0.25, -0.2) is 0 Å². The smallest absolute Gasteiger partial charge is 0.163 e. The zero-order valence-corrected chi connectivity index (χ0v) is 8.86. The molecule has 0 spiro atoms. The summed E-state index contributed by atoms with van der Waals surface area (Å²) in [6.45, 7) is 2.08. The first-order chi connectivity index (χ1) is 7.15. The van der Waals surface area contributed by atoms with Crippen LogP contribution in [0.15, 0.2) is 18.2 Å². The van der Waals surface area contributed by atoms with Gasteiger partial charge in [-0.3, -0.25) is 4.79 Å². The van der Waals surface area contributed by atoms with E-state index >= 15 is 0 Å². The maximum atomic E-state index is 11.6. The van der Waals surface area contributed by atoms with Crippen LogP contribution in [-0.4, -0.2) is 16.0 Å². The van der Waals surface area contributed by atoms with Gasteiger partial charge in [-0.05, 0) is 24.6 Å². The zero-order valence-electron chi connectivity index (χ0n) is 8.86. The summed E-state index contributed by atoms with van der Waals surface area (Å²) in [5.41, 5.74) is 0.460. The monoisotopic (exact) mass is 208 g/mol. The Labute approximate surface area is 89.4 Å². The van der Waals surface area contributed by atoms with E-state index in [1.807, 2.05) is 0 Å². The lowest BCUT2D eigenvalue weighted by molar-refractivity contribution is 0.0979. The molecule has 15 heavy (non-hydrogen) atoms. The van der Waals surface area contributed by atoms with E-state index in [1.54, 1.807) is 0 Å². The summed E-state index contributed by atoms with van der Waals surface area (Å²) in [5.74, 6) is -0.421. The Hall–Kier alpha value is -1.51. The molecule has 1 aromatic carbocycles. The van der Waals surface area contributed by atoms with Gasteiger partial charge in [0, 0.05) is 12.0 Å². The molecule has 0 fully saturated rings. The van der Waals surface area contributed by atoms with Crippen LogP contribution in [-0.2, 0) is 0 Å². The average Bonchev–Trinajstić information content (AvgIpc) is 2.22. The Bertz CT molecular complexity index is 345. The standard InChI is InChI=1S/C12H16O3/c1-2-3-4-5-10(13)9-6-7-11(14)12(15)8-9/h6-8,14-15H,2-5H2,1H3. The van der Waals surface area contributed by atoms with Gasteiger partial charge in [0.1, 0.15) is 0 Å². The highest BCUT2D eigenvalue weighted by Crippen LogP contribution is 2.25. The van der Waals surface area contributed by atoms with Gasteiger partial charge >= 0.3 is 0 Å². The molecule has 1 aromatic rings. The maximum absolute atomic E-state index is 11.6. The van der Waals surface area contributed by atoms with Crippen LogP contribution in [0.4, 0.5) is 0 Å². The highest BCUT2D eigenvalue weighted by molar-refractivity contribution is 5.96. The van der Waals surface area contributed by atoms with E-state index in [9.17, 15) is 9.90 Å². The summed E-state index contributed by atoms with van der Waals surface area (Å²) >= 11 is 0. The van der Waals surface area contributed by atoms with Crippen molar-refractivity contribution in [3.8, 4) is 11.5 Å². The first-order valence-corrected chi connectivity index (χ1v) is 5.20. The van der Waals surface area contributed by atoms with Crippen LogP contribution in [0.1, 0.15) is 43.0 Å². The van der Waals surface area contributed by atoms with Crippen LogP contribution in [0, 0.1) is 0 Å². The van der Waals surface area contributed by atoms with Crippen molar-refractivity contribution in [1.29, 1.82) is 0 Å². The number of aromatic hydroxyl groups is 2. The molecule has 0 saturated heterocycles. The number of phenolic OH excluding ortho intramolecular Hbond substituents is 2. The van der Waals surface area contributed by atoms with Crippen molar-refractivity contribution in [2.24, 2.45) is 0 Å². The van der Waals surface area contributed by atoms with Gasteiger partial charge in [0.15, 0.2) is 17.3 Å². The molecule has 0 aromatic heterocycles. The normalized spacial score (nSPS) is 10.2. The summed E-state index contributed by atoms with van der Waals surface area (Å²) < 4.78 is 0. The average molecular weight is 208 g/mol. The predicted octanol–water partition coefficient (Wildman–Crippen LogP) is 2.86. The van der Waals surface area contributed by atoms with Crippen LogP contribution in [0.3, 0.4) is 0 Å². The van der Waals surface area contributed by atoms with E-state index in [0.717, 1.165) is 19.3 Å². The molecule has 0 heterocycles. The lowest BCUT2D eigenvalue weighted by atomic mass is 10.0. The molecule has 0 saturated carbocycles. The molecular formula is C12H16O3. The number of hydrogen-bond donors (Lipinski definition) is 2. The molecule has 0 aliphatic rings. The summed E-state index contributed by atoms with van der Waals surface area (Å²) in [5, 5.41) is 18.3. The maximum Gasteiger partial charge on any atom is 0.163 e. The van der Waals surface area contributed by atoms with Crippen molar-refractivity contribution in [1.82, 2.24) is 0 Å². The molecule has 0 aliphatic carbocycles. The lowest BCUT2D eigenvalue weighted by Crippen LogP contribution is -1.98. The molecule has 0 bridgehead atoms. The molecule has 0 radical (unpaired) electrons. The number of rotatable bonds is 5. The molecule has 0 amide bonds. The number of Topliss-reactive ketones (excluding diaryl/α,β-unsaturated/α-hetero) is 1. The fourth-order valence-corrected chi connectivity index (χ4v) is 1.38. The minimum Gasteiger partial charge on any atom is -0.504 e. The summed E-state index contributed by atoms with van der Waals surface area (Å²) in [6, 6.07) is 4.18. The van der Waals surface area contributed by atoms with Crippen LogP contribution in [0.2, 0.25) is 0 Å². The second kappa shape index (κ2) is 5.39. The van der Waals surface area contributed by atoms with E-state index < -0.39 is 0 Å². The van der Waals surface area contributed by atoms with Crippen molar-refractivity contribution < 1.29 is 15.0 Å². The second-order valence-electron chi connectivity index (χ2n) is 3.58. The number of benzene rings is 1. The Kier molecular flexibility index (Phi) is 4.16. The van der Waals surface area contributed by atoms with Gasteiger partial charge in [0.2, 0.25) is 0 Å². The first kappa shape index (κ1) is 11.6. The highest BCUT2D eigenvalue weighted by Gasteiger charge is 2.08. The van der Waals surface area contributed by atoms with Crippen LogP contribution in [0.25, 0.3) is 0 Å². The van der Waals surface area contributed by atoms with Crippen molar-refractivity contribution in [3.05, 3.63) is 23.8 Å². The quantitative estimate of drug-likeness (QED) is 0.444. The minimum absolute atomic E-state index is 0.0127. The van der Waals surface area contributed by atoms with Gasteiger partial charge in [0.05, 0.1) is 0 Å². The summed E-state index contributed by atoms with van der Waals surface area (Å²) in [4.78, 5) is 11.6. The second-order valence-corrected chi connectivity index (χ2v) is 3.58. The molecule has 0 unspecified atom stereocenters. The number of carbonyl (C=O) groups is 1. The number of carbonyl (C=O) groups excluding carboxylic acids is 1. The molecule has 3 heteroatoms. The van der Waals surface area contributed by atoms with Gasteiger partial charge < -0.3 is 10.2 Å². The molecule has 3 nitrogen and oxygen atoms in total. The first-order valence-electron chi connectivity index (χ1n) is 5.20. The van der Waals surface area contributed by atoms with E-state index in [4.69, 9.17) is 5.11 Å². The predicted molar refractivity (Wildman–Crippen MR) is 58.2 cm³/mol. The van der Waals surface area contributed by atoms with Crippen molar-refractivity contribution in [2.75, 3.05) is 0 Å². The van der Waals surface area contributed by atoms with E-state index in [2.05, 4.69) is 6.92 Å². The fraction of sp³-hybridized carbons (Fsp3) is 0.417. The fourth-order valence-electron chi connectivity index (χ4n) is 1.38. The van der Waals surface area contributed by atoms with Crippen molar-refractivity contribution in [2.45, 2.75) is 32.6 Å². The summed E-state index contributed by atoms with van der Waals surface area (Å²) in [7, 11) is 0. The third-order valence-electron chi connectivity index (χ3n) is 2.30. The summed E-state index contributed by atoms with van der Waals surface area (Å²) in [6.07, 6.45) is 3.49. The number of hydrogen-bond acceptors (Lipinski definition) is 3. The topological polar surface area (TPSA) is 57.5 Å². The third-order valence-corrected chi connectivity index (χ3v) is 2.30. The van der Waals surface area contributed by atoms with E-state index in [-0.39, 0.29) is 17.3 Å². The van der Waals surface area contributed by atoms with Crippen LogP contribution >= 0.6 is 0 Å². The Morgan fingerprint density at radius 1 is 1.20 bits per heavy atom. The van der Waals surface area contributed by atoms with E-state index in [1.165, 1.54) is 18.2 Å². The molecule has 0 aliphatic heterocycles. The molecule has 82 valence electrons. The molecular weight excluding hydrogens is 192 g/mol. The lowest BCUT2D eigenvalue weighted by Gasteiger charge is -2.02. The zero-order chi connectivity index (χ0) is 11.3. The van der Waals surface area contributed by atoms with Crippen molar-refractivity contribution >= 4 is 5.78 Å². The van der Waals surface area contributed by atoms with Crippen molar-refractivity contribution in [3.63, 3.8) is 0 Å². The minimum atomic E-state index is -0.239. The Balaban J connectivity index is 2.62. The van der Waals surface area contributed by atoms with Gasteiger partial charge in [-0.1, -0.05) is 19.8 Å². The third kappa shape index (κ3) is 3.27. The van der Waals surface area contributed by atoms with Gasteiger partial charge in [-0.15, -0.1) is 0 Å². The van der Waals surface area contributed by atoms with E-state index in [0.29, 0.717) is 12.0 Å². The van der Waals surface area contributed by atoms with Gasteiger partial charge in [-0.2, -0.15) is 0 Å². The molecule has 0 atom stereocenters.